The summed E-state index contributed by atoms with van der Waals surface area (Å²) in [5.74, 6) is -0.565. The van der Waals surface area contributed by atoms with E-state index in [1.807, 2.05) is 0 Å². The van der Waals surface area contributed by atoms with Gasteiger partial charge in [0.15, 0.2) is 23.0 Å². The second-order valence-corrected chi connectivity index (χ2v) is 5.41. The van der Waals surface area contributed by atoms with Crippen LogP contribution in [-0.4, -0.2) is 54.2 Å². The Morgan fingerprint density at radius 1 is 1.25 bits per heavy atom. The first-order valence-electron chi connectivity index (χ1n) is 7.54. The highest BCUT2D eigenvalue weighted by Gasteiger charge is 2.42. The van der Waals surface area contributed by atoms with Crippen molar-refractivity contribution in [2.75, 3.05) is 27.4 Å². The lowest BCUT2D eigenvalue weighted by molar-refractivity contribution is -0.129. The minimum atomic E-state index is -0.721. The number of ether oxygens (including phenoxy) is 2. The number of rotatable bonds is 7. The molecule has 0 bridgehead atoms. The van der Waals surface area contributed by atoms with Gasteiger partial charge in [-0.25, -0.2) is 0 Å². The van der Waals surface area contributed by atoms with Crippen molar-refractivity contribution in [1.82, 2.24) is 4.90 Å². The summed E-state index contributed by atoms with van der Waals surface area (Å²) in [4.78, 5) is 25.7. The number of benzene rings is 1. The molecule has 0 aliphatic carbocycles. The van der Waals surface area contributed by atoms with Gasteiger partial charge < -0.3 is 24.6 Å². The molecule has 1 aliphatic heterocycles. The third-order valence-corrected chi connectivity index (χ3v) is 3.96. The Balaban J connectivity index is 2.52. The summed E-state index contributed by atoms with van der Waals surface area (Å²) >= 11 is 0. The van der Waals surface area contributed by atoms with Crippen LogP contribution in [0.15, 0.2) is 29.5 Å². The van der Waals surface area contributed by atoms with Gasteiger partial charge in [0.2, 0.25) is 0 Å². The fourth-order valence-corrected chi connectivity index (χ4v) is 2.85. The number of aliphatic hydroxyl groups is 2. The predicted molar refractivity (Wildman–Crippen MR) is 86.0 cm³/mol. The number of methoxy groups -OCH3 is 2. The van der Waals surface area contributed by atoms with E-state index in [0.29, 0.717) is 23.5 Å². The summed E-state index contributed by atoms with van der Waals surface area (Å²) in [6, 6.07) is 4.34. The molecule has 1 heterocycles. The molecule has 7 heteroatoms. The van der Waals surface area contributed by atoms with Crippen LogP contribution >= 0.6 is 0 Å². The zero-order chi connectivity index (χ0) is 17.9. The van der Waals surface area contributed by atoms with Gasteiger partial charge in [-0.1, -0.05) is 6.07 Å². The van der Waals surface area contributed by atoms with Crippen LogP contribution in [-0.2, 0) is 9.59 Å². The molecule has 2 N–H and O–H groups in total. The van der Waals surface area contributed by atoms with Crippen molar-refractivity contribution in [3.8, 4) is 11.5 Å². The Labute approximate surface area is 140 Å². The van der Waals surface area contributed by atoms with Gasteiger partial charge in [-0.3, -0.25) is 9.59 Å². The average Bonchev–Trinajstić information content (AvgIpc) is 2.83. The van der Waals surface area contributed by atoms with E-state index in [1.165, 1.54) is 26.0 Å². The zero-order valence-corrected chi connectivity index (χ0v) is 13.9. The van der Waals surface area contributed by atoms with E-state index in [9.17, 15) is 14.7 Å². The van der Waals surface area contributed by atoms with Crippen molar-refractivity contribution >= 4 is 11.7 Å². The maximum absolute atomic E-state index is 12.3. The number of hydrogen-bond acceptors (Lipinski definition) is 6. The Morgan fingerprint density at radius 2 is 1.92 bits per heavy atom. The first-order valence-corrected chi connectivity index (χ1v) is 7.54. The van der Waals surface area contributed by atoms with Gasteiger partial charge in [-0.05, 0) is 31.0 Å². The number of ketones is 1. The molecule has 0 fully saturated rings. The van der Waals surface area contributed by atoms with Crippen LogP contribution in [0, 0.1) is 0 Å². The molecule has 0 saturated carbocycles. The number of Topliss-reactive ketones (excluding diaryl/α,β-unsaturated/α-hetero) is 1. The number of hydrogen-bond donors (Lipinski definition) is 2. The number of amides is 1. The molecule has 0 unspecified atom stereocenters. The molecule has 1 aromatic carbocycles. The second-order valence-electron chi connectivity index (χ2n) is 5.41. The first kappa shape index (κ1) is 17.8. The van der Waals surface area contributed by atoms with Gasteiger partial charge in [0.25, 0.3) is 5.91 Å². The van der Waals surface area contributed by atoms with Crippen LogP contribution in [0.25, 0.3) is 0 Å². The van der Waals surface area contributed by atoms with Gasteiger partial charge in [0, 0.05) is 13.2 Å². The number of nitrogens with zero attached hydrogens (tertiary/aromatic N) is 1. The molecule has 1 aliphatic rings. The largest absolute Gasteiger partial charge is 0.503 e. The lowest BCUT2D eigenvalue weighted by atomic mass is 9.96. The minimum absolute atomic E-state index is 0.0464. The van der Waals surface area contributed by atoms with Crippen molar-refractivity contribution in [1.29, 1.82) is 0 Å². The predicted octanol–water partition coefficient (Wildman–Crippen LogP) is 1.37. The Morgan fingerprint density at radius 3 is 2.46 bits per heavy atom. The highest BCUT2D eigenvalue weighted by atomic mass is 16.5. The third kappa shape index (κ3) is 3.07. The first-order chi connectivity index (χ1) is 11.5. The average molecular weight is 335 g/mol. The van der Waals surface area contributed by atoms with E-state index in [1.54, 1.807) is 18.2 Å². The summed E-state index contributed by atoms with van der Waals surface area (Å²) in [5, 5.41) is 19.1. The van der Waals surface area contributed by atoms with Crippen molar-refractivity contribution in [3.63, 3.8) is 0 Å². The maximum atomic E-state index is 12.3. The molecule has 130 valence electrons. The lowest BCUT2D eigenvalue weighted by Crippen LogP contribution is -2.32. The summed E-state index contributed by atoms with van der Waals surface area (Å²) in [6.45, 7) is 1.43. The standard InChI is InChI=1S/C17H21NO6/c1-10(20)14-15(18(7-4-8-19)17(22)16(14)21)11-5-6-12(23-2)13(9-11)24-3/h5-6,9,15,19,21H,4,7-8H2,1-3H3/t15-/m0/s1. The van der Waals surface area contributed by atoms with E-state index in [-0.39, 0.29) is 24.5 Å². The highest BCUT2D eigenvalue weighted by Crippen LogP contribution is 2.40. The van der Waals surface area contributed by atoms with Crippen LogP contribution in [0.5, 0.6) is 11.5 Å². The fraction of sp³-hybridized carbons (Fsp3) is 0.412. The fourth-order valence-electron chi connectivity index (χ4n) is 2.85. The number of aliphatic hydroxyl groups excluding tert-OH is 2. The van der Waals surface area contributed by atoms with E-state index in [0.717, 1.165) is 0 Å². The van der Waals surface area contributed by atoms with Crippen molar-refractivity contribution in [2.45, 2.75) is 19.4 Å². The van der Waals surface area contributed by atoms with E-state index in [2.05, 4.69) is 0 Å². The zero-order valence-electron chi connectivity index (χ0n) is 13.9. The molecule has 1 amide bonds. The smallest absolute Gasteiger partial charge is 0.290 e. The molecule has 2 rings (SSSR count). The lowest BCUT2D eigenvalue weighted by Gasteiger charge is -2.26. The molecule has 1 aromatic rings. The van der Waals surface area contributed by atoms with Gasteiger partial charge >= 0.3 is 0 Å². The van der Waals surface area contributed by atoms with Crippen LogP contribution in [0.2, 0.25) is 0 Å². The number of carbonyl (C=O) groups is 2. The number of carbonyl (C=O) groups excluding carboxylic acids is 2. The second kappa shape index (κ2) is 7.35. The minimum Gasteiger partial charge on any atom is -0.503 e. The molecular formula is C17H21NO6. The molecular weight excluding hydrogens is 314 g/mol. The molecule has 0 spiro atoms. The maximum Gasteiger partial charge on any atom is 0.290 e. The Kier molecular flexibility index (Phi) is 5.46. The summed E-state index contributed by atoms with van der Waals surface area (Å²) in [5.41, 5.74) is 0.665. The van der Waals surface area contributed by atoms with Crippen molar-refractivity contribution in [3.05, 3.63) is 35.1 Å². The molecule has 1 atom stereocenters. The topological polar surface area (TPSA) is 96.3 Å². The summed E-state index contributed by atoms with van der Waals surface area (Å²) in [6.07, 6.45) is 0.341. The molecule has 0 radical (unpaired) electrons. The quantitative estimate of drug-likeness (QED) is 0.781. The summed E-state index contributed by atoms with van der Waals surface area (Å²) < 4.78 is 10.5. The van der Waals surface area contributed by atoms with E-state index < -0.39 is 17.7 Å². The van der Waals surface area contributed by atoms with Crippen LogP contribution in [0.4, 0.5) is 0 Å². The normalized spacial score (nSPS) is 17.4. The SMILES string of the molecule is COc1ccc([C@H]2C(C(C)=O)=C(O)C(=O)N2CCCO)cc1OC. The molecule has 7 nitrogen and oxygen atoms in total. The Bertz CT molecular complexity index is 682. The summed E-state index contributed by atoms with van der Waals surface area (Å²) in [7, 11) is 3.00. The van der Waals surface area contributed by atoms with Crippen molar-refractivity contribution in [2.24, 2.45) is 0 Å². The monoisotopic (exact) mass is 335 g/mol. The van der Waals surface area contributed by atoms with Crippen LogP contribution in [0.1, 0.15) is 24.9 Å². The van der Waals surface area contributed by atoms with Crippen LogP contribution < -0.4 is 9.47 Å². The van der Waals surface area contributed by atoms with Gasteiger partial charge in [-0.15, -0.1) is 0 Å². The molecule has 0 aromatic heterocycles. The van der Waals surface area contributed by atoms with Gasteiger partial charge in [0.1, 0.15) is 0 Å². The van der Waals surface area contributed by atoms with E-state index in [4.69, 9.17) is 14.6 Å². The van der Waals surface area contributed by atoms with E-state index >= 15 is 0 Å². The van der Waals surface area contributed by atoms with Crippen molar-refractivity contribution < 1.29 is 29.3 Å². The van der Waals surface area contributed by atoms with Gasteiger partial charge in [0.05, 0.1) is 25.8 Å². The highest BCUT2D eigenvalue weighted by molar-refractivity contribution is 6.08. The molecule has 24 heavy (non-hydrogen) atoms. The Hall–Kier alpha value is -2.54. The third-order valence-electron chi connectivity index (χ3n) is 3.96. The van der Waals surface area contributed by atoms with Gasteiger partial charge in [-0.2, -0.15) is 0 Å². The van der Waals surface area contributed by atoms with Crippen LogP contribution in [0.3, 0.4) is 0 Å². The molecule has 0 saturated heterocycles.